The van der Waals surface area contributed by atoms with Crippen molar-refractivity contribution in [3.05, 3.63) is 27.3 Å². The summed E-state index contributed by atoms with van der Waals surface area (Å²) >= 11 is 1.85. The molecule has 1 aliphatic carbocycles. The van der Waals surface area contributed by atoms with E-state index in [0.717, 1.165) is 12.8 Å². The van der Waals surface area contributed by atoms with E-state index in [1.807, 2.05) is 22.6 Å². The fraction of sp³-hybridized carbons (Fsp3) is 0.417. The maximum atomic E-state index is 12.5. The topological polar surface area (TPSA) is 94.9 Å². The summed E-state index contributed by atoms with van der Waals surface area (Å²) in [6, 6.07) is 3.96. The summed E-state index contributed by atoms with van der Waals surface area (Å²) in [6.45, 7) is -0.229. The van der Waals surface area contributed by atoms with E-state index in [1.165, 1.54) is 22.5 Å². The molecule has 1 aromatic carbocycles. The first-order valence-corrected chi connectivity index (χ1v) is 8.55. The number of aromatic carboxylic acids is 1. The lowest BCUT2D eigenvalue weighted by molar-refractivity contribution is 0.0695. The van der Waals surface area contributed by atoms with Crippen LogP contribution in [-0.2, 0) is 10.0 Å². The van der Waals surface area contributed by atoms with Crippen molar-refractivity contribution in [2.75, 3.05) is 13.2 Å². The van der Waals surface area contributed by atoms with E-state index in [2.05, 4.69) is 0 Å². The summed E-state index contributed by atoms with van der Waals surface area (Å²) in [5, 5.41) is 18.1. The number of carboxylic acids is 1. The van der Waals surface area contributed by atoms with Gasteiger partial charge in [0.15, 0.2) is 0 Å². The van der Waals surface area contributed by atoms with Gasteiger partial charge in [-0.1, -0.05) is 0 Å². The monoisotopic (exact) mass is 411 g/mol. The van der Waals surface area contributed by atoms with Gasteiger partial charge >= 0.3 is 5.97 Å². The van der Waals surface area contributed by atoms with Crippen molar-refractivity contribution in [3.8, 4) is 0 Å². The van der Waals surface area contributed by atoms with Gasteiger partial charge in [-0.15, -0.1) is 0 Å². The van der Waals surface area contributed by atoms with Crippen LogP contribution < -0.4 is 0 Å². The van der Waals surface area contributed by atoms with Crippen molar-refractivity contribution in [3.63, 3.8) is 0 Å². The third kappa shape index (κ3) is 3.13. The molecule has 1 saturated carbocycles. The van der Waals surface area contributed by atoms with Crippen molar-refractivity contribution in [1.29, 1.82) is 0 Å². The molecule has 20 heavy (non-hydrogen) atoms. The average molecular weight is 411 g/mol. The highest BCUT2D eigenvalue weighted by molar-refractivity contribution is 14.1. The first kappa shape index (κ1) is 15.7. The number of hydrogen-bond donors (Lipinski definition) is 2. The van der Waals surface area contributed by atoms with E-state index in [9.17, 15) is 13.2 Å². The number of carboxylic acid groups (broad SMARTS) is 1. The summed E-state index contributed by atoms with van der Waals surface area (Å²) in [7, 11) is -3.77. The van der Waals surface area contributed by atoms with E-state index in [-0.39, 0.29) is 29.7 Å². The molecule has 2 rings (SSSR count). The van der Waals surface area contributed by atoms with Crippen LogP contribution in [0, 0.1) is 3.57 Å². The van der Waals surface area contributed by atoms with E-state index in [4.69, 9.17) is 10.2 Å². The maximum Gasteiger partial charge on any atom is 0.336 e. The van der Waals surface area contributed by atoms with Gasteiger partial charge < -0.3 is 10.2 Å². The number of hydrogen-bond acceptors (Lipinski definition) is 4. The van der Waals surface area contributed by atoms with Crippen LogP contribution in [0.1, 0.15) is 23.2 Å². The average Bonchev–Trinajstić information content (AvgIpc) is 3.19. The van der Waals surface area contributed by atoms with Gasteiger partial charge in [0.1, 0.15) is 0 Å². The lowest BCUT2D eigenvalue weighted by Crippen LogP contribution is -2.35. The van der Waals surface area contributed by atoms with Crippen LogP contribution in [0.4, 0.5) is 0 Å². The van der Waals surface area contributed by atoms with Crippen molar-refractivity contribution in [2.45, 2.75) is 23.8 Å². The molecule has 8 heteroatoms. The minimum Gasteiger partial charge on any atom is -0.478 e. The molecule has 1 aromatic rings. The van der Waals surface area contributed by atoms with Gasteiger partial charge in [0, 0.05) is 16.2 Å². The third-order valence-corrected chi connectivity index (χ3v) is 5.94. The Labute approximate surface area is 130 Å². The number of rotatable bonds is 6. The van der Waals surface area contributed by atoms with Crippen molar-refractivity contribution >= 4 is 38.6 Å². The Morgan fingerprint density at radius 1 is 1.40 bits per heavy atom. The Hall–Kier alpha value is -0.710. The minimum atomic E-state index is -3.77. The third-order valence-electron chi connectivity index (χ3n) is 3.05. The standard InChI is InChI=1S/C12H14INO5S/c13-11-4-3-9(7-10(11)12(16)17)20(18,19)14(5-6-15)8-1-2-8/h3-4,7-8,15H,1-2,5-6H2,(H,16,17). The SMILES string of the molecule is O=C(O)c1cc(S(=O)(=O)N(CCO)C2CC2)ccc1I. The van der Waals surface area contributed by atoms with Gasteiger partial charge in [0.2, 0.25) is 10.0 Å². The molecule has 6 nitrogen and oxygen atoms in total. The van der Waals surface area contributed by atoms with Crippen LogP contribution in [0.25, 0.3) is 0 Å². The lowest BCUT2D eigenvalue weighted by atomic mass is 10.2. The summed E-state index contributed by atoms with van der Waals surface area (Å²) in [6.07, 6.45) is 1.55. The Morgan fingerprint density at radius 2 is 2.05 bits per heavy atom. The number of aliphatic hydroxyl groups excluding tert-OH is 1. The predicted octanol–water partition coefficient (Wildman–Crippen LogP) is 1.13. The van der Waals surface area contributed by atoms with Gasteiger partial charge in [0.05, 0.1) is 17.1 Å². The first-order chi connectivity index (χ1) is 9.37. The Morgan fingerprint density at radius 3 is 2.55 bits per heavy atom. The van der Waals surface area contributed by atoms with Gasteiger partial charge in [-0.25, -0.2) is 13.2 Å². The minimum absolute atomic E-state index is 0.0292. The maximum absolute atomic E-state index is 12.5. The smallest absolute Gasteiger partial charge is 0.336 e. The summed E-state index contributed by atoms with van der Waals surface area (Å²) in [5.74, 6) is -1.16. The molecule has 0 amide bonds. The second kappa shape index (κ2) is 5.96. The largest absolute Gasteiger partial charge is 0.478 e. The molecular formula is C12H14INO5S. The zero-order valence-electron chi connectivity index (χ0n) is 10.5. The molecule has 0 heterocycles. The highest BCUT2D eigenvalue weighted by Crippen LogP contribution is 2.32. The molecule has 0 aromatic heterocycles. The number of carbonyl (C=O) groups is 1. The quantitative estimate of drug-likeness (QED) is 0.685. The summed E-state index contributed by atoms with van der Waals surface area (Å²) < 4.78 is 26.8. The number of aliphatic hydroxyl groups is 1. The highest BCUT2D eigenvalue weighted by atomic mass is 127. The molecule has 0 spiro atoms. The lowest BCUT2D eigenvalue weighted by Gasteiger charge is -2.21. The molecule has 2 N–H and O–H groups in total. The van der Waals surface area contributed by atoms with Crippen LogP contribution in [-0.4, -0.2) is 48.1 Å². The van der Waals surface area contributed by atoms with Gasteiger partial charge in [-0.3, -0.25) is 0 Å². The molecule has 0 atom stereocenters. The van der Waals surface area contributed by atoms with Crippen molar-refractivity contribution in [1.82, 2.24) is 4.31 Å². The zero-order chi connectivity index (χ0) is 14.9. The molecule has 0 unspecified atom stereocenters. The molecule has 1 fully saturated rings. The number of nitrogens with zero attached hydrogens (tertiary/aromatic N) is 1. The van der Waals surface area contributed by atoms with Gasteiger partial charge in [-0.2, -0.15) is 4.31 Å². The molecule has 1 aliphatic rings. The van der Waals surface area contributed by atoms with Crippen LogP contribution in [0.15, 0.2) is 23.1 Å². The Kier molecular flexibility index (Phi) is 4.67. The molecule has 0 radical (unpaired) electrons. The molecule has 0 bridgehead atoms. The zero-order valence-corrected chi connectivity index (χ0v) is 13.5. The Balaban J connectivity index is 2.42. The summed E-state index contributed by atoms with van der Waals surface area (Å²) in [5.41, 5.74) is -0.0357. The molecular weight excluding hydrogens is 397 g/mol. The first-order valence-electron chi connectivity index (χ1n) is 6.03. The fourth-order valence-corrected chi connectivity index (χ4v) is 4.19. The van der Waals surface area contributed by atoms with Gasteiger partial charge in [-0.05, 0) is 53.6 Å². The Bertz CT molecular complexity index is 627. The summed E-state index contributed by atoms with van der Waals surface area (Å²) in [4.78, 5) is 11.0. The second-order valence-corrected chi connectivity index (χ2v) is 7.57. The van der Waals surface area contributed by atoms with E-state index in [0.29, 0.717) is 3.57 Å². The van der Waals surface area contributed by atoms with Crippen LogP contribution in [0.2, 0.25) is 0 Å². The molecule has 0 aliphatic heterocycles. The molecule has 110 valence electrons. The van der Waals surface area contributed by atoms with Crippen LogP contribution in [0.3, 0.4) is 0 Å². The highest BCUT2D eigenvalue weighted by Gasteiger charge is 2.37. The fourth-order valence-electron chi connectivity index (χ4n) is 1.92. The van der Waals surface area contributed by atoms with E-state index in [1.54, 1.807) is 0 Å². The normalized spacial score (nSPS) is 15.6. The predicted molar refractivity (Wildman–Crippen MR) is 80.1 cm³/mol. The second-order valence-electron chi connectivity index (χ2n) is 4.52. The number of sulfonamides is 1. The van der Waals surface area contributed by atoms with Gasteiger partial charge in [0.25, 0.3) is 0 Å². The number of benzene rings is 1. The van der Waals surface area contributed by atoms with E-state index < -0.39 is 16.0 Å². The van der Waals surface area contributed by atoms with E-state index >= 15 is 0 Å². The number of halogens is 1. The van der Waals surface area contributed by atoms with Crippen molar-refractivity contribution in [2.24, 2.45) is 0 Å². The molecule has 0 saturated heterocycles. The van der Waals surface area contributed by atoms with Crippen LogP contribution in [0.5, 0.6) is 0 Å². The van der Waals surface area contributed by atoms with Crippen molar-refractivity contribution < 1.29 is 23.4 Å². The van der Waals surface area contributed by atoms with Crippen LogP contribution >= 0.6 is 22.6 Å².